The molecule has 3 rings (SSSR count). The number of aromatic amines is 1. The predicted molar refractivity (Wildman–Crippen MR) is 66.3 cm³/mol. The average molecular weight is 256 g/mol. The molecule has 0 saturated heterocycles. The second-order valence-electron chi connectivity index (χ2n) is 3.83. The Morgan fingerprint density at radius 3 is 3.05 bits per heavy atom. The number of imidazole rings is 1. The molecule has 0 spiro atoms. The number of azo groups is 1. The fraction of sp³-hybridized carbons (Fsp3) is 0.0833. The molecule has 0 saturated carbocycles. The number of rotatable bonds is 3. The number of benzene rings is 1. The summed E-state index contributed by atoms with van der Waals surface area (Å²) in [7, 11) is 0. The molecule has 19 heavy (non-hydrogen) atoms. The predicted octanol–water partition coefficient (Wildman–Crippen LogP) is 2.78. The van der Waals surface area contributed by atoms with Crippen molar-refractivity contribution in [2.45, 2.75) is 6.54 Å². The third-order valence-electron chi connectivity index (χ3n) is 2.51. The molecule has 0 atom stereocenters. The summed E-state index contributed by atoms with van der Waals surface area (Å²) >= 11 is 0. The molecule has 0 unspecified atom stereocenters. The van der Waals surface area contributed by atoms with Crippen molar-refractivity contribution in [3.8, 4) is 0 Å². The summed E-state index contributed by atoms with van der Waals surface area (Å²) in [5.74, 6) is 0.129. The van der Waals surface area contributed by atoms with E-state index in [9.17, 15) is 4.39 Å². The van der Waals surface area contributed by atoms with Crippen molar-refractivity contribution < 1.29 is 4.39 Å². The van der Waals surface area contributed by atoms with Crippen LogP contribution < -0.4 is 0 Å². The van der Waals surface area contributed by atoms with Gasteiger partial charge in [-0.3, -0.25) is 0 Å². The van der Waals surface area contributed by atoms with Crippen LogP contribution in [0.2, 0.25) is 0 Å². The molecule has 0 amide bonds. The van der Waals surface area contributed by atoms with Crippen LogP contribution in [0.25, 0.3) is 11.2 Å². The highest BCUT2D eigenvalue weighted by Gasteiger charge is 2.03. The van der Waals surface area contributed by atoms with E-state index in [1.807, 2.05) is 0 Å². The molecule has 0 aliphatic carbocycles. The lowest BCUT2D eigenvalue weighted by Crippen LogP contribution is -1.83. The molecule has 1 aromatic carbocycles. The van der Waals surface area contributed by atoms with E-state index in [0.29, 0.717) is 17.0 Å². The second-order valence-corrected chi connectivity index (χ2v) is 3.83. The van der Waals surface area contributed by atoms with E-state index in [2.05, 4.69) is 30.2 Å². The summed E-state index contributed by atoms with van der Waals surface area (Å²) in [4.78, 5) is 14.9. The Labute approximate surface area is 107 Å². The minimum absolute atomic E-state index is 0.286. The molecular formula is C12H9FN6. The molecule has 0 aliphatic heterocycles. The SMILES string of the molecule is Fc1cccc(CN=Nc2ncnc3nc[nH]c23)c1. The standard InChI is InChI=1S/C12H9FN6/c13-9-3-1-2-8(4-9)5-18-19-12-10-11(15-6-14-10)16-7-17-12/h1-4,6-7H,5H2,(H,14,15,16,17). The molecule has 6 nitrogen and oxygen atoms in total. The first-order valence-corrected chi connectivity index (χ1v) is 5.59. The van der Waals surface area contributed by atoms with E-state index in [1.54, 1.807) is 12.1 Å². The Kier molecular flexibility index (Phi) is 2.93. The largest absolute Gasteiger partial charge is 0.340 e. The zero-order valence-corrected chi connectivity index (χ0v) is 9.79. The molecule has 0 bridgehead atoms. The first-order valence-electron chi connectivity index (χ1n) is 5.59. The summed E-state index contributed by atoms with van der Waals surface area (Å²) in [6.45, 7) is 0.289. The van der Waals surface area contributed by atoms with E-state index in [4.69, 9.17) is 0 Å². The van der Waals surface area contributed by atoms with Crippen molar-refractivity contribution in [2.75, 3.05) is 0 Å². The lowest BCUT2D eigenvalue weighted by Gasteiger charge is -1.96. The van der Waals surface area contributed by atoms with Gasteiger partial charge >= 0.3 is 0 Å². The van der Waals surface area contributed by atoms with Crippen molar-refractivity contribution in [1.29, 1.82) is 0 Å². The van der Waals surface area contributed by atoms with Gasteiger partial charge in [-0.05, 0) is 17.7 Å². The van der Waals surface area contributed by atoms with Crippen molar-refractivity contribution in [1.82, 2.24) is 19.9 Å². The Balaban J connectivity index is 1.81. The van der Waals surface area contributed by atoms with E-state index >= 15 is 0 Å². The Morgan fingerprint density at radius 1 is 1.21 bits per heavy atom. The van der Waals surface area contributed by atoms with Gasteiger partial charge in [-0.1, -0.05) is 12.1 Å². The highest BCUT2D eigenvalue weighted by molar-refractivity contribution is 5.79. The van der Waals surface area contributed by atoms with E-state index in [1.165, 1.54) is 24.8 Å². The van der Waals surface area contributed by atoms with Crippen LogP contribution in [-0.4, -0.2) is 19.9 Å². The lowest BCUT2D eigenvalue weighted by molar-refractivity contribution is 0.625. The summed E-state index contributed by atoms with van der Waals surface area (Å²) in [6, 6.07) is 6.23. The van der Waals surface area contributed by atoms with Crippen molar-refractivity contribution in [2.24, 2.45) is 10.2 Å². The van der Waals surface area contributed by atoms with Crippen LogP contribution in [0.3, 0.4) is 0 Å². The lowest BCUT2D eigenvalue weighted by atomic mass is 10.2. The van der Waals surface area contributed by atoms with Gasteiger partial charge in [-0.2, -0.15) is 5.11 Å². The molecule has 7 heteroatoms. The van der Waals surface area contributed by atoms with E-state index in [0.717, 1.165) is 5.56 Å². The second kappa shape index (κ2) is 4.89. The van der Waals surface area contributed by atoms with Crippen molar-refractivity contribution in [3.63, 3.8) is 0 Å². The Morgan fingerprint density at radius 2 is 2.16 bits per heavy atom. The number of fused-ring (bicyclic) bond motifs is 1. The van der Waals surface area contributed by atoms with Gasteiger partial charge < -0.3 is 4.98 Å². The van der Waals surface area contributed by atoms with Crippen LogP contribution in [0.4, 0.5) is 10.2 Å². The van der Waals surface area contributed by atoms with Gasteiger partial charge in [0.15, 0.2) is 5.65 Å². The van der Waals surface area contributed by atoms with Gasteiger partial charge in [0.1, 0.15) is 17.7 Å². The Hall–Kier alpha value is -2.70. The fourth-order valence-corrected chi connectivity index (χ4v) is 1.65. The van der Waals surface area contributed by atoms with Gasteiger partial charge in [0.05, 0.1) is 12.9 Å². The minimum atomic E-state index is -0.286. The van der Waals surface area contributed by atoms with E-state index in [-0.39, 0.29) is 12.4 Å². The average Bonchev–Trinajstić information content (AvgIpc) is 2.88. The maximum absolute atomic E-state index is 13.0. The van der Waals surface area contributed by atoms with Gasteiger partial charge in [-0.15, -0.1) is 5.11 Å². The van der Waals surface area contributed by atoms with Gasteiger partial charge in [-0.25, -0.2) is 19.3 Å². The number of nitrogens with zero attached hydrogens (tertiary/aromatic N) is 5. The highest BCUT2D eigenvalue weighted by atomic mass is 19.1. The summed E-state index contributed by atoms with van der Waals surface area (Å²) in [6.07, 6.45) is 2.89. The monoisotopic (exact) mass is 256 g/mol. The van der Waals surface area contributed by atoms with Gasteiger partial charge in [0.2, 0.25) is 5.82 Å². The first kappa shape index (κ1) is 11.4. The van der Waals surface area contributed by atoms with Crippen molar-refractivity contribution >= 4 is 17.0 Å². The number of aromatic nitrogens is 4. The van der Waals surface area contributed by atoms with Crippen LogP contribution in [-0.2, 0) is 6.54 Å². The number of H-pyrrole nitrogens is 1. The first-order chi connectivity index (χ1) is 9.33. The van der Waals surface area contributed by atoms with Crippen LogP contribution >= 0.6 is 0 Å². The number of nitrogens with one attached hydrogen (secondary N) is 1. The molecule has 94 valence electrons. The number of halogens is 1. The van der Waals surface area contributed by atoms with Crippen molar-refractivity contribution in [3.05, 3.63) is 48.3 Å². The molecular weight excluding hydrogens is 247 g/mol. The maximum Gasteiger partial charge on any atom is 0.203 e. The molecule has 3 aromatic rings. The third-order valence-corrected chi connectivity index (χ3v) is 2.51. The highest BCUT2D eigenvalue weighted by Crippen LogP contribution is 2.18. The Bertz CT molecular complexity index is 736. The molecule has 0 radical (unpaired) electrons. The summed E-state index contributed by atoms with van der Waals surface area (Å²) in [5.41, 5.74) is 1.92. The van der Waals surface area contributed by atoms with Crippen LogP contribution in [0.5, 0.6) is 0 Å². The molecule has 0 aliphatic rings. The maximum atomic E-state index is 13.0. The topological polar surface area (TPSA) is 79.2 Å². The number of hydrogen-bond donors (Lipinski definition) is 1. The summed E-state index contributed by atoms with van der Waals surface area (Å²) < 4.78 is 13.0. The molecule has 0 fully saturated rings. The fourth-order valence-electron chi connectivity index (χ4n) is 1.65. The zero-order chi connectivity index (χ0) is 13.1. The normalized spacial score (nSPS) is 11.4. The zero-order valence-electron chi connectivity index (χ0n) is 9.79. The quantitative estimate of drug-likeness (QED) is 0.732. The van der Waals surface area contributed by atoms with Gasteiger partial charge in [0.25, 0.3) is 0 Å². The number of hydrogen-bond acceptors (Lipinski definition) is 5. The van der Waals surface area contributed by atoms with Crippen LogP contribution in [0, 0.1) is 5.82 Å². The molecule has 1 N–H and O–H groups in total. The smallest absolute Gasteiger partial charge is 0.203 e. The van der Waals surface area contributed by atoms with Crippen LogP contribution in [0.15, 0.2) is 47.1 Å². The van der Waals surface area contributed by atoms with E-state index < -0.39 is 0 Å². The van der Waals surface area contributed by atoms with Crippen LogP contribution in [0.1, 0.15) is 5.56 Å². The summed E-state index contributed by atoms with van der Waals surface area (Å²) in [5, 5.41) is 8.01. The molecule has 2 heterocycles. The minimum Gasteiger partial charge on any atom is -0.340 e. The molecule has 2 aromatic heterocycles. The third kappa shape index (κ3) is 2.44. The van der Waals surface area contributed by atoms with Gasteiger partial charge in [0, 0.05) is 0 Å².